The van der Waals surface area contributed by atoms with Crippen LogP contribution in [0.3, 0.4) is 0 Å². The number of carbonyl (C=O) groups excluding carboxylic acids is 2. The number of carbonyl (C=O) groups is 2. The van der Waals surface area contributed by atoms with Gasteiger partial charge in [0.1, 0.15) is 5.82 Å². The second-order valence-electron chi connectivity index (χ2n) is 8.92. The minimum atomic E-state index is -0.439. The highest BCUT2D eigenvalue weighted by Gasteiger charge is 2.43. The van der Waals surface area contributed by atoms with Gasteiger partial charge < -0.3 is 10.1 Å². The van der Waals surface area contributed by atoms with Crippen molar-refractivity contribution < 1.29 is 19.2 Å². The Morgan fingerprint density at radius 2 is 1.97 bits per heavy atom. The number of nitrogens with zero attached hydrogens (tertiary/aromatic N) is 5. The van der Waals surface area contributed by atoms with Gasteiger partial charge >= 0.3 is 0 Å². The van der Waals surface area contributed by atoms with Crippen molar-refractivity contribution in [3.8, 4) is 5.88 Å². The van der Waals surface area contributed by atoms with Gasteiger partial charge in [-0.15, -0.1) is 0 Å². The Balaban J connectivity index is 1.70. The highest BCUT2D eigenvalue weighted by atomic mass is 16.7. The second kappa shape index (κ2) is 8.11. The minimum Gasteiger partial charge on any atom is -0.481 e. The van der Waals surface area contributed by atoms with Crippen LogP contribution >= 0.6 is 0 Å². The first-order valence-electron chi connectivity index (χ1n) is 10.6. The summed E-state index contributed by atoms with van der Waals surface area (Å²) >= 11 is 0. The third-order valence-corrected chi connectivity index (χ3v) is 6.14. The zero-order chi connectivity index (χ0) is 24.1. The molecule has 174 valence electrons. The third kappa shape index (κ3) is 3.80. The molecule has 3 aromatic heterocycles. The molecule has 2 amide bonds. The fourth-order valence-corrected chi connectivity index (χ4v) is 4.48. The molecule has 3 aromatic rings. The van der Waals surface area contributed by atoms with Crippen LogP contribution in [0, 0.1) is 13.8 Å². The van der Waals surface area contributed by atoms with E-state index in [2.05, 4.69) is 34.2 Å². The van der Waals surface area contributed by atoms with Crippen LogP contribution in [0.15, 0.2) is 18.3 Å². The van der Waals surface area contributed by atoms with Crippen LogP contribution in [0.2, 0.25) is 0 Å². The van der Waals surface area contributed by atoms with E-state index in [1.54, 1.807) is 13.1 Å². The molecular weight excluding hydrogens is 424 g/mol. The molecule has 1 unspecified atom stereocenters. The van der Waals surface area contributed by atoms with Gasteiger partial charge in [-0.1, -0.05) is 13.8 Å². The maximum absolute atomic E-state index is 13.4. The van der Waals surface area contributed by atoms with Gasteiger partial charge in [0.25, 0.3) is 5.91 Å². The number of methoxy groups -OCH3 is 1. The molecular formula is C23H28N6O4. The molecule has 1 aliphatic carbocycles. The number of hydroxylamine groups is 2. The Hall–Kier alpha value is -3.53. The monoisotopic (exact) mass is 452 g/mol. The van der Waals surface area contributed by atoms with Crippen molar-refractivity contribution in [1.29, 1.82) is 0 Å². The van der Waals surface area contributed by atoms with E-state index in [1.807, 2.05) is 17.5 Å². The van der Waals surface area contributed by atoms with Crippen molar-refractivity contribution >= 4 is 23.3 Å². The van der Waals surface area contributed by atoms with Crippen molar-refractivity contribution in [2.45, 2.75) is 45.4 Å². The van der Waals surface area contributed by atoms with Crippen molar-refractivity contribution in [3.05, 3.63) is 46.4 Å². The Morgan fingerprint density at radius 1 is 1.24 bits per heavy atom. The number of fused-ring (bicyclic) bond motifs is 3. The van der Waals surface area contributed by atoms with Crippen LogP contribution in [0.25, 0.3) is 5.65 Å². The molecule has 0 spiro atoms. The molecule has 0 saturated carbocycles. The van der Waals surface area contributed by atoms with E-state index >= 15 is 0 Å². The third-order valence-electron chi connectivity index (χ3n) is 6.14. The van der Waals surface area contributed by atoms with Gasteiger partial charge in [-0.3, -0.25) is 14.4 Å². The summed E-state index contributed by atoms with van der Waals surface area (Å²) in [7, 11) is 4.38. The van der Waals surface area contributed by atoms with Gasteiger partial charge in [0.15, 0.2) is 5.65 Å². The van der Waals surface area contributed by atoms with Crippen LogP contribution < -0.4 is 10.1 Å². The first-order chi connectivity index (χ1) is 15.6. The quantitative estimate of drug-likeness (QED) is 0.593. The average Bonchev–Trinajstić information content (AvgIpc) is 3.29. The molecule has 0 saturated heterocycles. The van der Waals surface area contributed by atoms with Crippen LogP contribution in [-0.4, -0.2) is 57.7 Å². The lowest BCUT2D eigenvalue weighted by Gasteiger charge is -2.20. The van der Waals surface area contributed by atoms with E-state index < -0.39 is 5.92 Å². The summed E-state index contributed by atoms with van der Waals surface area (Å²) in [6.07, 6.45) is 2.35. The molecule has 1 N–H and O–H groups in total. The van der Waals surface area contributed by atoms with Gasteiger partial charge in [-0.05, 0) is 26.3 Å². The molecule has 10 nitrogen and oxygen atoms in total. The van der Waals surface area contributed by atoms with E-state index in [0.717, 1.165) is 27.7 Å². The summed E-state index contributed by atoms with van der Waals surface area (Å²) in [5, 5.41) is 8.56. The Bertz CT molecular complexity index is 1270. The molecule has 1 atom stereocenters. The summed E-state index contributed by atoms with van der Waals surface area (Å²) in [6.45, 7) is 7.84. The van der Waals surface area contributed by atoms with Crippen LogP contribution in [0.4, 0.5) is 5.82 Å². The average molecular weight is 453 g/mol. The largest absolute Gasteiger partial charge is 0.481 e. The summed E-state index contributed by atoms with van der Waals surface area (Å²) in [5.74, 6) is -0.567. The predicted octanol–water partition coefficient (Wildman–Crippen LogP) is 2.79. The number of amides is 2. The topological polar surface area (TPSA) is 111 Å². The number of pyridine rings is 1. The molecule has 0 fully saturated rings. The first kappa shape index (κ1) is 22.7. The Kier molecular flexibility index (Phi) is 5.57. The summed E-state index contributed by atoms with van der Waals surface area (Å²) < 4.78 is 7.18. The minimum absolute atomic E-state index is 0.227. The van der Waals surface area contributed by atoms with Crippen molar-refractivity contribution in [2.24, 2.45) is 0 Å². The number of rotatable bonds is 5. The lowest BCUT2D eigenvalue weighted by Crippen LogP contribution is -2.27. The number of hydrogen-bond acceptors (Lipinski definition) is 7. The van der Waals surface area contributed by atoms with Gasteiger partial charge in [0.05, 0.1) is 37.1 Å². The number of nitrogens with one attached hydrogen (secondary N) is 1. The molecule has 0 radical (unpaired) electrons. The summed E-state index contributed by atoms with van der Waals surface area (Å²) in [5.41, 5.74) is 4.04. The predicted molar refractivity (Wildman–Crippen MR) is 121 cm³/mol. The fraction of sp³-hybridized carbons (Fsp3) is 0.435. The first-order valence-corrected chi connectivity index (χ1v) is 10.6. The molecule has 0 bridgehead atoms. The Morgan fingerprint density at radius 3 is 2.64 bits per heavy atom. The lowest BCUT2D eigenvalue weighted by atomic mass is 9.88. The SMILES string of the molecule is COc1nc(NC(=O)C2CC(C)(C)c3c2cnc2cc(C)nn32)cc(C(=O)N(C)OC)c1C. The van der Waals surface area contributed by atoms with E-state index in [4.69, 9.17) is 9.57 Å². The molecule has 0 aliphatic heterocycles. The number of ether oxygens (including phenoxy) is 1. The Labute approximate surface area is 191 Å². The van der Waals surface area contributed by atoms with Gasteiger partial charge in [0, 0.05) is 35.9 Å². The van der Waals surface area contributed by atoms with Crippen LogP contribution in [0.1, 0.15) is 59.1 Å². The number of hydrogen-bond donors (Lipinski definition) is 1. The maximum atomic E-state index is 13.4. The highest BCUT2D eigenvalue weighted by molar-refractivity contribution is 5.99. The normalized spacial score (nSPS) is 16.5. The van der Waals surface area contributed by atoms with Gasteiger partial charge in [0.2, 0.25) is 11.8 Å². The number of aryl methyl sites for hydroxylation is 1. The fourth-order valence-electron chi connectivity index (χ4n) is 4.48. The molecule has 4 rings (SSSR count). The molecule has 1 aliphatic rings. The molecule has 0 aromatic carbocycles. The molecule has 3 heterocycles. The van der Waals surface area contributed by atoms with Crippen LogP contribution in [-0.2, 0) is 15.0 Å². The summed E-state index contributed by atoms with van der Waals surface area (Å²) in [6, 6.07) is 3.45. The van der Waals surface area contributed by atoms with Gasteiger partial charge in [-0.2, -0.15) is 10.1 Å². The zero-order valence-corrected chi connectivity index (χ0v) is 19.9. The summed E-state index contributed by atoms with van der Waals surface area (Å²) in [4.78, 5) is 40.0. The van der Waals surface area contributed by atoms with E-state index in [0.29, 0.717) is 17.5 Å². The van der Waals surface area contributed by atoms with Crippen molar-refractivity contribution in [3.63, 3.8) is 0 Å². The second-order valence-corrected chi connectivity index (χ2v) is 8.92. The highest BCUT2D eigenvalue weighted by Crippen LogP contribution is 2.46. The standard InChI is InChI=1S/C23H28N6O4/c1-12-8-18-24-11-16-15(10-23(3,4)19(16)29(18)27-12)20(30)25-17-9-14(22(31)28(5)33-7)13(2)21(26-17)32-6/h8-9,11,15H,10H2,1-7H3,(H,25,26,30). The van der Waals surface area contributed by atoms with Gasteiger partial charge in [-0.25, -0.2) is 14.6 Å². The number of aromatic nitrogens is 4. The van der Waals surface area contributed by atoms with E-state index in [-0.39, 0.29) is 28.9 Å². The molecule has 10 heteroatoms. The zero-order valence-electron chi connectivity index (χ0n) is 19.9. The van der Waals surface area contributed by atoms with E-state index in [9.17, 15) is 9.59 Å². The number of anilines is 1. The van der Waals surface area contributed by atoms with Crippen molar-refractivity contribution in [1.82, 2.24) is 24.6 Å². The molecule has 33 heavy (non-hydrogen) atoms. The smallest absolute Gasteiger partial charge is 0.277 e. The van der Waals surface area contributed by atoms with Crippen LogP contribution in [0.5, 0.6) is 5.88 Å². The van der Waals surface area contributed by atoms with E-state index in [1.165, 1.54) is 27.3 Å². The van der Waals surface area contributed by atoms with Crippen molar-refractivity contribution in [2.75, 3.05) is 26.6 Å². The maximum Gasteiger partial charge on any atom is 0.277 e. The lowest BCUT2D eigenvalue weighted by molar-refractivity contribution is -0.117.